The summed E-state index contributed by atoms with van der Waals surface area (Å²) in [5.74, 6) is -0.204. The molecule has 0 amide bonds. The van der Waals surface area contributed by atoms with Gasteiger partial charge in [-0.1, -0.05) is 24.3 Å². The van der Waals surface area contributed by atoms with E-state index >= 15 is 0 Å². The van der Waals surface area contributed by atoms with Crippen LogP contribution in [-0.4, -0.2) is 6.54 Å². The second kappa shape index (κ2) is 5.96. The van der Waals surface area contributed by atoms with Gasteiger partial charge in [-0.3, -0.25) is 0 Å². The highest BCUT2D eigenvalue weighted by Crippen LogP contribution is 2.28. The number of halogens is 2. The smallest absolute Gasteiger partial charge is 0.137 e. The molecule has 3 heteroatoms. The van der Waals surface area contributed by atoms with Crippen LogP contribution in [0, 0.1) is 5.82 Å². The maximum atomic E-state index is 13.3. The van der Waals surface area contributed by atoms with Gasteiger partial charge in [0.2, 0.25) is 0 Å². The third-order valence-corrected chi connectivity index (χ3v) is 4.42. The van der Waals surface area contributed by atoms with E-state index in [4.69, 9.17) is 0 Å². The molecule has 0 atom stereocenters. The van der Waals surface area contributed by atoms with Crippen molar-refractivity contribution in [2.75, 3.05) is 11.4 Å². The van der Waals surface area contributed by atoms with Gasteiger partial charge in [-0.25, -0.2) is 4.39 Å². The first-order valence-corrected chi connectivity index (χ1v) is 7.80. The van der Waals surface area contributed by atoms with Gasteiger partial charge in [0.15, 0.2) is 0 Å². The molecule has 1 heterocycles. The zero-order chi connectivity index (χ0) is 13.9. The number of rotatable bonds is 2. The lowest BCUT2D eigenvalue weighted by atomic mass is 10.1. The molecule has 1 aliphatic rings. The van der Waals surface area contributed by atoms with E-state index in [9.17, 15) is 4.39 Å². The molecular formula is C17H17BrFN. The normalized spacial score (nSPS) is 14.8. The number of nitrogens with zero attached hydrogens (tertiary/aromatic N) is 1. The van der Waals surface area contributed by atoms with Crippen molar-refractivity contribution in [3.63, 3.8) is 0 Å². The Morgan fingerprint density at radius 3 is 2.80 bits per heavy atom. The highest BCUT2D eigenvalue weighted by atomic mass is 79.9. The maximum absolute atomic E-state index is 13.3. The Bertz CT molecular complexity index is 612. The fraction of sp³-hybridized carbons (Fsp3) is 0.294. The van der Waals surface area contributed by atoms with E-state index in [2.05, 4.69) is 45.1 Å². The summed E-state index contributed by atoms with van der Waals surface area (Å²) in [5, 5.41) is 0. The number of anilines is 1. The van der Waals surface area contributed by atoms with Crippen LogP contribution in [0.2, 0.25) is 0 Å². The molecule has 0 saturated heterocycles. The molecule has 2 aromatic rings. The van der Waals surface area contributed by atoms with Gasteiger partial charge in [0.25, 0.3) is 0 Å². The number of aryl methyl sites for hydroxylation is 1. The Morgan fingerprint density at radius 2 is 1.95 bits per heavy atom. The standard InChI is InChI=1S/C17H17BrFN/c18-15-11-13(8-9-16(15)19)12-20-10-4-3-6-14-5-1-2-7-17(14)20/h1-2,5,7-9,11H,3-4,6,10,12H2. The summed E-state index contributed by atoms with van der Waals surface area (Å²) >= 11 is 3.26. The number of para-hydroxylation sites is 1. The van der Waals surface area contributed by atoms with Gasteiger partial charge in [0, 0.05) is 18.8 Å². The Balaban J connectivity index is 1.88. The van der Waals surface area contributed by atoms with E-state index in [-0.39, 0.29) is 5.82 Å². The molecule has 0 fully saturated rings. The second-order valence-corrected chi connectivity index (χ2v) is 6.11. The molecule has 0 aromatic heterocycles. The Morgan fingerprint density at radius 1 is 1.10 bits per heavy atom. The Kier molecular flexibility index (Phi) is 4.06. The monoisotopic (exact) mass is 333 g/mol. The number of hydrogen-bond acceptors (Lipinski definition) is 1. The molecule has 104 valence electrons. The van der Waals surface area contributed by atoms with Crippen LogP contribution in [0.3, 0.4) is 0 Å². The van der Waals surface area contributed by atoms with E-state index in [0.717, 1.165) is 25.1 Å². The first kappa shape index (κ1) is 13.6. The van der Waals surface area contributed by atoms with Crippen LogP contribution in [0.1, 0.15) is 24.0 Å². The van der Waals surface area contributed by atoms with Crippen molar-refractivity contribution in [3.8, 4) is 0 Å². The van der Waals surface area contributed by atoms with E-state index in [1.54, 1.807) is 0 Å². The van der Waals surface area contributed by atoms with Gasteiger partial charge in [-0.05, 0) is 64.5 Å². The molecule has 0 unspecified atom stereocenters. The van der Waals surface area contributed by atoms with Crippen LogP contribution in [0.5, 0.6) is 0 Å². The summed E-state index contributed by atoms with van der Waals surface area (Å²) in [6.07, 6.45) is 3.59. The van der Waals surface area contributed by atoms with Crippen molar-refractivity contribution < 1.29 is 4.39 Å². The SMILES string of the molecule is Fc1ccc(CN2CCCCc3ccccc32)cc1Br. The van der Waals surface area contributed by atoms with Crippen LogP contribution in [0.15, 0.2) is 46.9 Å². The summed E-state index contributed by atoms with van der Waals surface area (Å²) in [4.78, 5) is 2.40. The van der Waals surface area contributed by atoms with Crippen LogP contribution < -0.4 is 4.90 Å². The zero-order valence-electron chi connectivity index (χ0n) is 11.3. The molecule has 0 bridgehead atoms. The quantitative estimate of drug-likeness (QED) is 0.753. The van der Waals surface area contributed by atoms with Gasteiger partial charge < -0.3 is 4.90 Å². The van der Waals surface area contributed by atoms with Crippen LogP contribution in [0.25, 0.3) is 0 Å². The van der Waals surface area contributed by atoms with Crippen LogP contribution in [0.4, 0.5) is 10.1 Å². The predicted molar refractivity (Wildman–Crippen MR) is 84.5 cm³/mol. The lowest BCUT2D eigenvalue weighted by molar-refractivity contribution is 0.619. The topological polar surface area (TPSA) is 3.24 Å². The molecule has 2 aromatic carbocycles. The van der Waals surface area contributed by atoms with Gasteiger partial charge in [-0.2, -0.15) is 0 Å². The van der Waals surface area contributed by atoms with Crippen molar-refractivity contribution in [1.29, 1.82) is 0 Å². The molecule has 0 aliphatic carbocycles. The predicted octanol–water partition coefficient (Wildman–Crippen LogP) is 4.93. The lowest BCUT2D eigenvalue weighted by Crippen LogP contribution is -2.23. The summed E-state index contributed by atoms with van der Waals surface area (Å²) in [7, 11) is 0. The van der Waals surface area contributed by atoms with Crippen molar-refractivity contribution in [2.45, 2.75) is 25.8 Å². The summed E-state index contributed by atoms with van der Waals surface area (Å²) in [5.41, 5.74) is 3.88. The van der Waals surface area contributed by atoms with Crippen molar-refractivity contribution in [3.05, 3.63) is 63.9 Å². The van der Waals surface area contributed by atoms with Gasteiger partial charge in [0.1, 0.15) is 5.82 Å². The van der Waals surface area contributed by atoms with E-state index in [0.29, 0.717) is 4.47 Å². The Hall–Kier alpha value is -1.35. The summed E-state index contributed by atoms with van der Waals surface area (Å²) in [6, 6.07) is 13.9. The lowest BCUT2D eigenvalue weighted by Gasteiger charge is -2.25. The molecular weight excluding hydrogens is 317 g/mol. The van der Waals surface area contributed by atoms with Crippen LogP contribution in [-0.2, 0) is 13.0 Å². The van der Waals surface area contributed by atoms with Crippen molar-refractivity contribution >= 4 is 21.6 Å². The third-order valence-electron chi connectivity index (χ3n) is 3.81. The molecule has 1 aliphatic heterocycles. The molecule has 0 spiro atoms. The molecule has 20 heavy (non-hydrogen) atoms. The van der Waals surface area contributed by atoms with Crippen molar-refractivity contribution in [2.24, 2.45) is 0 Å². The number of hydrogen-bond donors (Lipinski definition) is 0. The fourth-order valence-electron chi connectivity index (χ4n) is 2.79. The summed E-state index contributed by atoms with van der Waals surface area (Å²) < 4.78 is 13.9. The maximum Gasteiger partial charge on any atom is 0.137 e. The fourth-order valence-corrected chi connectivity index (χ4v) is 3.22. The number of benzene rings is 2. The molecule has 0 N–H and O–H groups in total. The average molecular weight is 334 g/mol. The minimum Gasteiger partial charge on any atom is -0.367 e. The molecule has 1 nitrogen and oxygen atoms in total. The van der Waals surface area contributed by atoms with E-state index in [1.165, 1.54) is 30.2 Å². The Labute approximate surface area is 127 Å². The highest BCUT2D eigenvalue weighted by Gasteiger charge is 2.15. The molecule has 3 rings (SSSR count). The largest absolute Gasteiger partial charge is 0.367 e. The van der Waals surface area contributed by atoms with E-state index in [1.807, 2.05) is 12.1 Å². The zero-order valence-corrected chi connectivity index (χ0v) is 12.9. The average Bonchev–Trinajstić information content (AvgIpc) is 2.66. The third kappa shape index (κ3) is 2.88. The van der Waals surface area contributed by atoms with Crippen LogP contribution >= 0.6 is 15.9 Å². The summed E-state index contributed by atoms with van der Waals surface area (Å²) in [6.45, 7) is 1.89. The van der Waals surface area contributed by atoms with Gasteiger partial charge in [0.05, 0.1) is 4.47 Å². The minimum absolute atomic E-state index is 0.204. The first-order valence-electron chi connectivity index (χ1n) is 7.01. The second-order valence-electron chi connectivity index (χ2n) is 5.26. The van der Waals surface area contributed by atoms with Crippen molar-refractivity contribution in [1.82, 2.24) is 0 Å². The van der Waals surface area contributed by atoms with E-state index < -0.39 is 0 Å². The number of fused-ring (bicyclic) bond motifs is 1. The molecule has 0 saturated carbocycles. The van der Waals surface area contributed by atoms with Gasteiger partial charge in [-0.15, -0.1) is 0 Å². The van der Waals surface area contributed by atoms with Gasteiger partial charge >= 0.3 is 0 Å². The highest BCUT2D eigenvalue weighted by molar-refractivity contribution is 9.10. The first-order chi connectivity index (χ1) is 9.74. The molecule has 0 radical (unpaired) electrons. The minimum atomic E-state index is -0.204.